The molecule has 0 unspecified atom stereocenters. The van der Waals surface area contributed by atoms with Crippen LogP contribution in [-0.4, -0.2) is 15.4 Å². The van der Waals surface area contributed by atoms with Gasteiger partial charge >= 0.3 is 0 Å². The molecule has 1 aromatic rings. The summed E-state index contributed by atoms with van der Waals surface area (Å²) in [6, 6.07) is 3.57. The molecule has 0 fully saturated rings. The summed E-state index contributed by atoms with van der Waals surface area (Å²) in [6.45, 7) is 6.21. The molecule has 0 radical (unpaired) electrons. The molecule has 0 aliphatic carbocycles. The highest BCUT2D eigenvalue weighted by molar-refractivity contribution is 7.91. The molecule has 1 rings (SSSR count). The molecule has 1 heterocycles. The van der Waals surface area contributed by atoms with E-state index in [1.54, 1.807) is 6.07 Å². The van der Waals surface area contributed by atoms with Crippen LogP contribution >= 0.6 is 0 Å². The number of hydrogen-bond donors (Lipinski definition) is 1. The molecule has 1 aromatic heterocycles. The second-order valence-corrected chi connectivity index (χ2v) is 6.63. The highest BCUT2D eigenvalue weighted by Crippen LogP contribution is 2.20. The summed E-state index contributed by atoms with van der Waals surface area (Å²) >= 11 is 0. The number of rotatable bonds is 1. The fourth-order valence-corrected chi connectivity index (χ4v) is 1.64. The first-order valence-corrected chi connectivity index (χ1v) is 6.38. The molecule has 1 atom stereocenters. The van der Waals surface area contributed by atoms with Gasteiger partial charge in [-0.15, -0.1) is 0 Å². The van der Waals surface area contributed by atoms with Crippen LogP contribution in [0.4, 0.5) is 0 Å². The topological polar surface area (TPSA) is 53.8 Å². The molecule has 0 saturated heterocycles. The number of aromatic nitrogens is 1. The van der Waals surface area contributed by atoms with E-state index in [1.165, 1.54) is 12.5 Å². The predicted molar refractivity (Wildman–Crippen MR) is 58.0 cm³/mol. The van der Waals surface area contributed by atoms with E-state index in [2.05, 4.69) is 25.8 Å². The third-order valence-corrected chi connectivity index (χ3v) is 3.10. The van der Waals surface area contributed by atoms with Crippen LogP contribution in [0.3, 0.4) is 0 Å². The normalized spacial score (nSPS) is 16.3. The average Bonchev–Trinajstić information content (AvgIpc) is 2.01. The Hall–Kier alpha value is -0.900. The smallest absolute Gasteiger partial charge is 0.0712 e. The predicted octanol–water partition coefficient (Wildman–Crippen LogP) is 2.41. The monoisotopic (exact) mass is 212 g/mol. The van der Waals surface area contributed by atoms with Crippen molar-refractivity contribution >= 4 is 9.73 Å². The highest BCUT2D eigenvalue weighted by atomic mass is 32.2. The Morgan fingerprint density at radius 1 is 1.36 bits per heavy atom. The third kappa shape index (κ3) is 2.54. The molecular weight excluding hydrogens is 196 g/mol. The number of hydrogen-bond acceptors (Lipinski definition) is 3. The standard InChI is InChI=1S/C10H16N2OS/c1-10(2,3)9-6-5-8(7-12-9)14(4,11)13/h5-7,11H,1-4H3/t14-/m0/s1. The van der Waals surface area contributed by atoms with Crippen LogP contribution in [0.25, 0.3) is 0 Å². The summed E-state index contributed by atoms with van der Waals surface area (Å²) in [5.74, 6) is 0. The quantitative estimate of drug-likeness (QED) is 0.777. The van der Waals surface area contributed by atoms with Gasteiger partial charge in [-0.05, 0) is 12.1 Å². The second kappa shape index (κ2) is 3.35. The van der Waals surface area contributed by atoms with Gasteiger partial charge in [0.1, 0.15) is 0 Å². The van der Waals surface area contributed by atoms with Crippen molar-refractivity contribution in [1.29, 1.82) is 4.78 Å². The molecule has 0 spiro atoms. The summed E-state index contributed by atoms with van der Waals surface area (Å²) in [6.07, 6.45) is 2.94. The number of nitrogens with one attached hydrogen (secondary N) is 1. The summed E-state index contributed by atoms with van der Waals surface area (Å²) in [7, 11) is -2.63. The SMILES string of the molecule is CC(C)(C)c1ccc([S@@](C)(=N)=O)cn1. The van der Waals surface area contributed by atoms with Gasteiger partial charge in [-0.25, -0.2) is 8.99 Å². The van der Waals surface area contributed by atoms with Crippen LogP contribution < -0.4 is 0 Å². The van der Waals surface area contributed by atoms with Gasteiger partial charge in [0.05, 0.1) is 14.6 Å². The maximum atomic E-state index is 11.4. The third-order valence-electron chi connectivity index (χ3n) is 1.95. The van der Waals surface area contributed by atoms with Gasteiger partial charge in [-0.3, -0.25) is 4.98 Å². The lowest BCUT2D eigenvalue weighted by Gasteiger charge is -2.17. The molecule has 78 valence electrons. The van der Waals surface area contributed by atoms with Crippen molar-refractivity contribution in [2.45, 2.75) is 31.1 Å². The molecule has 14 heavy (non-hydrogen) atoms. The first-order chi connectivity index (χ1) is 6.21. The van der Waals surface area contributed by atoms with E-state index in [0.29, 0.717) is 4.90 Å². The Morgan fingerprint density at radius 2 is 1.93 bits per heavy atom. The van der Waals surface area contributed by atoms with Crippen molar-refractivity contribution < 1.29 is 4.21 Å². The minimum absolute atomic E-state index is 0.00479. The van der Waals surface area contributed by atoms with E-state index in [0.717, 1.165) is 5.69 Å². The Labute approximate surface area is 85.5 Å². The van der Waals surface area contributed by atoms with E-state index in [1.807, 2.05) is 6.07 Å². The van der Waals surface area contributed by atoms with Crippen LogP contribution in [0.5, 0.6) is 0 Å². The zero-order chi connectivity index (χ0) is 11.0. The zero-order valence-corrected chi connectivity index (χ0v) is 9.81. The molecule has 3 nitrogen and oxygen atoms in total. The van der Waals surface area contributed by atoms with Crippen molar-refractivity contribution in [3.05, 3.63) is 24.0 Å². The van der Waals surface area contributed by atoms with E-state index < -0.39 is 9.73 Å². The molecule has 4 heteroatoms. The summed E-state index contributed by atoms with van der Waals surface area (Å²) in [4.78, 5) is 4.71. The lowest BCUT2D eigenvalue weighted by Crippen LogP contribution is -2.13. The minimum atomic E-state index is -2.63. The van der Waals surface area contributed by atoms with Crippen LogP contribution in [-0.2, 0) is 15.1 Å². The van der Waals surface area contributed by atoms with Crippen molar-refractivity contribution in [2.24, 2.45) is 0 Å². The van der Waals surface area contributed by atoms with Gasteiger partial charge in [0.2, 0.25) is 0 Å². The van der Waals surface area contributed by atoms with E-state index in [9.17, 15) is 4.21 Å². The Bertz CT molecular complexity index is 412. The summed E-state index contributed by atoms with van der Waals surface area (Å²) in [5, 5.41) is 0. The van der Waals surface area contributed by atoms with Crippen LogP contribution in [0.2, 0.25) is 0 Å². The highest BCUT2D eigenvalue weighted by Gasteiger charge is 2.15. The van der Waals surface area contributed by atoms with Gasteiger partial charge in [0.25, 0.3) is 0 Å². The van der Waals surface area contributed by atoms with Crippen LogP contribution in [0, 0.1) is 4.78 Å². The second-order valence-electron chi connectivity index (χ2n) is 4.47. The molecule has 0 bridgehead atoms. The lowest BCUT2D eigenvalue weighted by atomic mass is 9.92. The van der Waals surface area contributed by atoms with Gasteiger partial charge in [-0.1, -0.05) is 20.8 Å². The summed E-state index contributed by atoms with van der Waals surface area (Å²) in [5.41, 5.74) is 0.944. The number of pyridine rings is 1. The van der Waals surface area contributed by atoms with Crippen molar-refractivity contribution in [3.63, 3.8) is 0 Å². The molecular formula is C10H16N2OS. The van der Waals surface area contributed by atoms with Gasteiger partial charge in [0, 0.05) is 23.6 Å². The maximum absolute atomic E-state index is 11.4. The Kier molecular flexibility index (Phi) is 2.67. The van der Waals surface area contributed by atoms with Gasteiger partial charge in [-0.2, -0.15) is 0 Å². The van der Waals surface area contributed by atoms with Crippen molar-refractivity contribution in [3.8, 4) is 0 Å². The van der Waals surface area contributed by atoms with Crippen LogP contribution in [0.15, 0.2) is 23.2 Å². The fourth-order valence-electron chi connectivity index (χ4n) is 1.05. The molecule has 0 amide bonds. The van der Waals surface area contributed by atoms with E-state index in [-0.39, 0.29) is 5.41 Å². The molecule has 0 aliphatic rings. The first kappa shape index (κ1) is 11.2. The molecule has 0 aromatic carbocycles. The van der Waals surface area contributed by atoms with E-state index >= 15 is 0 Å². The van der Waals surface area contributed by atoms with Crippen molar-refractivity contribution in [1.82, 2.24) is 4.98 Å². The van der Waals surface area contributed by atoms with Crippen LogP contribution in [0.1, 0.15) is 26.5 Å². The van der Waals surface area contributed by atoms with Crippen molar-refractivity contribution in [2.75, 3.05) is 6.26 Å². The summed E-state index contributed by atoms with van der Waals surface area (Å²) < 4.78 is 18.8. The Morgan fingerprint density at radius 3 is 2.21 bits per heavy atom. The fraction of sp³-hybridized carbons (Fsp3) is 0.500. The zero-order valence-electron chi connectivity index (χ0n) is 9.00. The van der Waals surface area contributed by atoms with E-state index in [4.69, 9.17) is 4.78 Å². The average molecular weight is 212 g/mol. The number of nitrogens with zero attached hydrogens (tertiary/aromatic N) is 1. The largest absolute Gasteiger partial charge is 0.259 e. The molecule has 0 aliphatic heterocycles. The Balaban J connectivity index is 3.14. The first-order valence-electron chi connectivity index (χ1n) is 4.41. The maximum Gasteiger partial charge on any atom is 0.0712 e. The lowest BCUT2D eigenvalue weighted by molar-refractivity contribution is 0.567. The van der Waals surface area contributed by atoms with Gasteiger partial charge in [0.15, 0.2) is 0 Å². The molecule has 1 N–H and O–H groups in total. The minimum Gasteiger partial charge on any atom is -0.259 e. The molecule has 0 saturated carbocycles. The van der Waals surface area contributed by atoms with Gasteiger partial charge < -0.3 is 0 Å².